The minimum Gasteiger partial charge on any atom is -0.379 e. The Kier molecular flexibility index (Phi) is 4.22. The molecular weight excluding hydrogens is 178 g/mol. The Morgan fingerprint density at radius 3 is 3.07 bits per heavy atom. The predicted molar refractivity (Wildman–Crippen MR) is 55.4 cm³/mol. The molecule has 0 aromatic carbocycles. The van der Waals surface area contributed by atoms with Crippen LogP contribution in [0.3, 0.4) is 0 Å². The van der Waals surface area contributed by atoms with Crippen molar-refractivity contribution in [3.8, 4) is 0 Å². The Morgan fingerprint density at radius 1 is 1.36 bits per heavy atom. The maximum atomic E-state index is 5.63. The van der Waals surface area contributed by atoms with Gasteiger partial charge >= 0.3 is 0 Å². The van der Waals surface area contributed by atoms with Gasteiger partial charge in [0.1, 0.15) is 0 Å². The van der Waals surface area contributed by atoms with Gasteiger partial charge in [-0.1, -0.05) is 0 Å². The first-order chi connectivity index (χ1) is 6.95. The van der Waals surface area contributed by atoms with E-state index < -0.39 is 0 Å². The van der Waals surface area contributed by atoms with Crippen LogP contribution in [0.2, 0.25) is 0 Å². The lowest BCUT2D eigenvalue weighted by atomic mass is 10.1. The summed E-state index contributed by atoms with van der Waals surface area (Å²) in [6.45, 7) is 5.02. The zero-order chi connectivity index (χ0) is 9.64. The summed E-state index contributed by atoms with van der Waals surface area (Å²) in [6.07, 6.45) is 5.31. The molecule has 14 heavy (non-hydrogen) atoms. The molecule has 2 aliphatic rings. The standard InChI is InChI=1S/C11H21NO2/c1-2-11(14-6-1)9-13-7-4-10-3-5-12-8-10/h10-12H,1-9H2. The maximum absolute atomic E-state index is 5.63. The van der Waals surface area contributed by atoms with Crippen LogP contribution >= 0.6 is 0 Å². The van der Waals surface area contributed by atoms with E-state index in [-0.39, 0.29) is 0 Å². The average molecular weight is 199 g/mol. The van der Waals surface area contributed by atoms with Crippen molar-refractivity contribution >= 4 is 0 Å². The Labute approximate surface area is 86.2 Å². The van der Waals surface area contributed by atoms with Crippen LogP contribution in [0.1, 0.15) is 25.7 Å². The fourth-order valence-corrected chi connectivity index (χ4v) is 2.20. The van der Waals surface area contributed by atoms with Crippen molar-refractivity contribution in [1.82, 2.24) is 5.32 Å². The molecule has 2 fully saturated rings. The third-order valence-electron chi connectivity index (χ3n) is 3.16. The third kappa shape index (κ3) is 3.23. The van der Waals surface area contributed by atoms with Crippen LogP contribution in [0.5, 0.6) is 0 Å². The van der Waals surface area contributed by atoms with E-state index in [4.69, 9.17) is 9.47 Å². The lowest BCUT2D eigenvalue weighted by Gasteiger charge is -2.12. The van der Waals surface area contributed by atoms with Crippen molar-refractivity contribution < 1.29 is 9.47 Å². The summed E-state index contributed by atoms with van der Waals surface area (Å²) in [6, 6.07) is 0. The molecule has 0 bridgehead atoms. The lowest BCUT2D eigenvalue weighted by molar-refractivity contribution is 0.0138. The predicted octanol–water partition coefficient (Wildman–Crippen LogP) is 1.18. The highest BCUT2D eigenvalue weighted by Crippen LogP contribution is 2.14. The highest BCUT2D eigenvalue weighted by molar-refractivity contribution is 4.70. The molecule has 0 spiro atoms. The minimum atomic E-state index is 0.386. The van der Waals surface area contributed by atoms with E-state index >= 15 is 0 Å². The van der Waals surface area contributed by atoms with Crippen molar-refractivity contribution in [2.75, 3.05) is 32.9 Å². The van der Waals surface area contributed by atoms with Crippen molar-refractivity contribution in [3.63, 3.8) is 0 Å². The van der Waals surface area contributed by atoms with Gasteiger partial charge in [-0.15, -0.1) is 0 Å². The molecule has 1 N–H and O–H groups in total. The molecule has 2 unspecified atom stereocenters. The summed E-state index contributed by atoms with van der Waals surface area (Å²) in [5.41, 5.74) is 0. The second-order valence-electron chi connectivity index (χ2n) is 4.36. The van der Waals surface area contributed by atoms with Gasteiger partial charge in [0.2, 0.25) is 0 Å². The summed E-state index contributed by atoms with van der Waals surface area (Å²) < 4.78 is 11.1. The fraction of sp³-hybridized carbons (Fsp3) is 1.00. The molecule has 82 valence electrons. The van der Waals surface area contributed by atoms with E-state index in [1.54, 1.807) is 0 Å². The zero-order valence-corrected chi connectivity index (χ0v) is 8.84. The zero-order valence-electron chi connectivity index (χ0n) is 8.84. The van der Waals surface area contributed by atoms with E-state index in [9.17, 15) is 0 Å². The number of ether oxygens (including phenoxy) is 2. The minimum absolute atomic E-state index is 0.386. The molecule has 3 nitrogen and oxygen atoms in total. The average Bonchev–Trinajstić information content (AvgIpc) is 2.86. The van der Waals surface area contributed by atoms with Gasteiger partial charge < -0.3 is 14.8 Å². The van der Waals surface area contributed by atoms with Crippen molar-refractivity contribution in [2.45, 2.75) is 31.8 Å². The molecule has 2 saturated heterocycles. The van der Waals surface area contributed by atoms with Crippen LogP contribution in [0.25, 0.3) is 0 Å². The number of nitrogens with one attached hydrogen (secondary N) is 1. The van der Waals surface area contributed by atoms with Crippen LogP contribution in [-0.2, 0) is 9.47 Å². The molecule has 0 radical (unpaired) electrons. The summed E-state index contributed by atoms with van der Waals surface area (Å²) in [7, 11) is 0. The second kappa shape index (κ2) is 5.69. The molecule has 0 aromatic heterocycles. The van der Waals surface area contributed by atoms with E-state index in [1.807, 2.05) is 0 Å². The highest BCUT2D eigenvalue weighted by atomic mass is 16.5. The van der Waals surface area contributed by atoms with E-state index in [0.717, 1.165) is 25.7 Å². The highest BCUT2D eigenvalue weighted by Gasteiger charge is 2.16. The number of hydrogen-bond acceptors (Lipinski definition) is 3. The van der Waals surface area contributed by atoms with E-state index in [2.05, 4.69) is 5.32 Å². The van der Waals surface area contributed by atoms with Crippen LogP contribution in [0, 0.1) is 5.92 Å². The van der Waals surface area contributed by atoms with Gasteiger partial charge in [0, 0.05) is 13.2 Å². The fourth-order valence-electron chi connectivity index (χ4n) is 2.20. The van der Waals surface area contributed by atoms with Crippen molar-refractivity contribution in [1.29, 1.82) is 0 Å². The normalized spacial score (nSPS) is 32.6. The van der Waals surface area contributed by atoms with Gasteiger partial charge in [0.15, 0.2) is 0 Å². The molecule has 3 heteroatoms. The Balaban J connectivity index is 1.46. The number of rotatable bonds is 5. The molecular formula is C11H21NO2. The Morgan fingerprint density at radius 2 is 2.36 bits per heavy atom. The van der Waals surface area contributed by atoms with Gasteiger partial charge in [-0.05, 0) is 44.7 Å². The Bertz CT molecular complexity index is 133. The second-order valence-corrected chi connectivity index (χ2v) is 4.36. The molecule has 2 atom stereocenters. The lowest BCUT2D eigenvalue weighted by Crippen LogP contribution is -2.16. The van der Waals surface area contributed by atoms with Crippen LogP contribution < -0.4 is 5.32 Å². The topological polar surface area (TPSA) is 30.5 Å². The van der Waals surface area contributed by atoms with Gasteiger partial charge in [-0.2, -0.15) is 0 Å². The smallest absolute Gasteiger partial charge is 0.0809 e. The molecule has 2 rings (SSSR count). The maximum Gasteiger partial charge on any atom is 0.0809 e. The van der Waals surface area contributed by atoms with E-state index in [0.29, 0.717) is 6.10 Å². The molecule has 2 aliphatic heterocycles. The summed E-state index contributed by atoms with van der Waals surface area (Å²) >= 11 is 0. The molecule has 0 aliphatic carbocycles. The largest absolute Gasteiger partial charge is 0.379 e. The monoisotopic (exact) mass is 199 g/mol. The number of hydrogen-bond donors (Lipinski definition) is 1. The first kappa shape index (κ1) is 10.4. The summed E-state index contributed by atoms with van der Waals surface area (Å²) in [5, 5.41) is 3.37. The first-order valence-corrected chi connectivity index (χ1v) is 5.85. The molecule has 0 aromatic rings. The molecule has 0 amide bonds. The third-order valence-corrected chi connectivity index (χ3v) is 3.16. The van der Waals surface area contributed by atoms with Crippen molar-refractivity contribution in [3.05, 3.63) is 0 Å². The SMILES string of the molecule is C1COC(COCCC2CCNC2)C1. The molecule has 0 saturated carbocycles. The van der Waals surface area contributed by atoms with Crippen LogP contribution in [-0.4, -0.2) is 39.0 Å². The van der Waals surface area contributed by atoms with Gasteiger partial charge in [0.05, 0.1) is 12.7 Å². The van der Waals surface area contributed by atoms with Crippen LogP contribution in [0.15, 0.2) is 0 Å². The van der Waals surface area contributed by atoms with Crippen LogP contribution in [0.4, 0.5) is 0 Å². The van der Waals surface area contributed by atoms with Gasteiger partial charge in [-0.25, -0.2) is 0 Å². The van der Waals surface area contributed by atoms with Gasteiger partial charge in [-0.3, -0.25) is 0 Å². The summed E-state index contributed by atoms with van der Waals surface area (Å²) in [4.78, 5) is 0. The summed E-state index contributed by atoms with van der Waals surface area (Å²) in [5.74, 6) is 0.847. The quantitative estimate of drug-likeness (QED) is 0.674. The first-order valence-electron chi connectivity index (χ1n) is 5.85. The van der Waals surface area contributed by atoms with E-state index in [1.165, 1.54) is 38.8 Å². The molecule has 2 heterocycles. The van der Waals surface area contributed by atoms with Gasteiger partial charge in [0.25, 0.3) is 0 Å². The van der Waals surface area contributed by atoms with Crippen molar-refractivity contribution in [2.24, 2.45) is 5.92 Å². The Hall–Kier alpha value is -0.120.